The van der Waals surface area contributed by atoms with Crippen molar-refractivity contribution in [1.82, 2.24) is 9.80 Å². The third kappa shape index (κ3) is 4.99. The van der Waals surface area contributed by atoms with Crippen molar-refractivity contribution in [3.05, 3.63) is 93.6 Å². The van der Waals surface area contributed by atoms with Gasteiger partial charge < -0.3 is 15.0 Å². The van der Waals surface area contributed by atoms with Gasteiger partial charge in [-0.1, -0.05) is 30.3 Å². The van der Waals surface area contributed by atoms with E-state index in [0.717, 1.165) is 24.8 Å². The fraction of sp³-hybridized carbons (Fsp3) is 0.320. The number of nitrogens with zero attached hydrogens (tertiary/aromatic N) is 3. The third-order valence-electron chi connectivity index (χ3n) is 6.29. The smallest absolute Gasteiger partial charge is 0.254 e. The zero-order valence-electron chi connectivity index (χ0n) is 18.1. The summed E-state index contributed by atoms with van der Waals surface area (Å²) >= 11 is 1.53. The first-order chi connectivity index (χ1) is 15.5. The molecule has 0 spiro atoms. The molecule has 166 valence electrons. The molecular weight excluding hydrogens is 422 g/mol. The second-order valence-electron chi connectivity index (χ2n) is 8.26. The first kappa shape index (κ1) is 22.0. The van der Waals surface area contributed by atoms with Crippen LogP contribution in [0.2, 0.25) is 0 Å². The molecule has 1 saturated heterocycles. The number of likely N-dealkylation sites (tertiary alicyclic amines) is 1. The lowest BCUT2D eigenvalue weighted by Gasteiger charge is -2.40. The van der Waals surface area contributed by atoms with E-state index < -0.39 is 0 Å². The molecule has 1 aliphatic rings. The minimum absolute atomic E-state index is 0.0425. The Labute approximate surface area is 192 Å². The molecule has 7 heteroatoms. The molecule has 0 aliphatic carbocycles. The van der Waals surface area contributed by atoms with Crippen LogP contribution in [0.4, 0.5) is 0 Å². The minimum atomic E-state index is -0.0497. The molecule has 1 aliphatic heterocycles. The fourth-order valence-corrected chi connectivity index (χ4v) is 5.07. The van der Waals surface area contributed by atoms with Crippen LogP contribution in [0.1, 0.15) is 39.1 Å². The van der Waals surface area contributed by atoms with E-state index in [4.69, 9.17) is 0 Å². The van der Waals surface area contributed by atoms with Gasteiger partial charge in [0.25, 0.3) is 11.8 Å². The SMILES string of the molecule is CN(C(=O)c1ccsc1)[C@H](Cc1ccccc1)C1CCN(C(=O)c2cc[n+]([O-])cc2)CC1. The lowest BCUT2D eigenvalue weighted by atomic mass is 9.84. The Morgan fingerprint density at radius 3 is 2.41 bits per heavy atom. The summed E-state index contributed by atoms with van der Waals surface area (Å²) in [5.74, 6) is 0.290. The molecule has 32 heavy (non-hydrogen) atoms. The van der Waals surface area contributed by atoms with Crippen LogP contribution in [-0.2, 0) is 6.42 Å². The van der Waals surface area contributed by atoms with Crippen molar-refractivity contribution < 1.29 is 14.3 Å². The maximum atomic E-state index is 13.1. The van der Waals surface area contributed by atoms with Gasteiger partial charge in [0.2, 0.25) is 0 Å². The number of carbonyl (C=O) groups is 2. The highest BCUT2D eigenvalue weighted by Gasteiger charge is 2.33. The Morgan fingerprint density at radius 2 is 1.78 bits per heavy atom. The van der Waals surface area contributed by atoms with Gasteiger partial charge >= 0.3 is 0 Å². The highest BCUT2D eigenvalue weighted by Crippen LogP contribution is 2.28. The molecule has 2 aromatic heterocycles. The number of piperidine rings is 1. The van der Waals surface area contributed by atoms with E-state index in [9.17, 15) is 14.8 Å². The van der Waals surface area contributed by atoms with Crippen LogP contribution in [-0.4, -0.2) is 47.8 Å². The van der Waals surface area contributed by atoms with Crippen LogP contribution in [0.5, 0.6) is 0 Å². The number of aromatic nitrogens is 1. The van der Waals surface area contributed by atoms with Crippen LogP contribution >= 0.6 is 11.3 Å². The number of amides is 2. The van der Waals surface area contributed by atoms with Gasteiger partial charge in [0.05, 0.1) is 11.1 Å². The fourth-order valence-electron chi connectivity index (χ4n) is 4.44. The zero-order valence-corrected chi connectivity index (χ0v) is 18.9. The van der Waals surface area contributed by atoms with Crippen molar-refractivity contribution in [2.45, 2.75) is 25.3 Å². The normalized spacial score (nSPS) is 15.3. The molecule has 0 saturated carbocycles. The van der Waals surface area contributed by atoms with Gasteiger partial charge in [0, 0.05) is 43.7 Å². The van der Waals surface area contributed by atoms with E-state index in [1.807, 2.05) is 51.9 Å². The molecule has 0 bridgehead atoms. The summed E-state index contributed by atoms with van der Waals surface area (Å²) in [4.78, 5) is 29.7. The first-order valence-corrected chi connectivity index (χ1v) is 11.8. The number of hydrogen-bond donors (Lipinski definition) is 0. The highest BCUT2D eigenvalue weighted by atomic mass is 32.1. The van der Waals surface area contributed by atoms with E-state index >= 15 is 0 Å². The summed E-state index contributed by atoms with van der Waals surface area (Å²) < 4.78 is 0.678. The first-order valence-electron chi connectivity index (χ1n) is 10.8. The van der Waals surface area contributed by atoms with E-state index in [-0.39, 0.29) is 17.9 Å². The lowest BCUT2D eigenvalue weighted by Crippen LogP contribution is -2.48. The Morgan fingerprint density at radius 1 is 1.09 bits per heavy atom. The largest absolute Gasteiger partial charge is 0.619 e. The van der Waals surface area contributed by atoms with Crippen LogP contribution in [0, 0.1) is 11.1 Å². The Kier molecular flexibility index (Phi) is 6.85. The van der Waals surface area contributed by atoms with Crippen molar-refractivity contribution >= 4 is 23.2 Å². The highest BCUT2D eigenvalue weighted by molar-refractivity contribution is 7.08. The van der Waals surface area contributed by atoms with E-state index in [1.165, 1.54) is 29.3 Å². The predicted octanol–water partition coefficient (Wildman–Crippen LogP) is 3.62. The van der Waals surface area contributed by atoms with Crippen LogP contribution in [0.15, 0.2) is 71.7 Å². The number of hydrogen-bond acceptors (Lipinski definition) is 4. The van der Waals surface area contributed by atoms with Crippen molar-refractivity contribution in [3.8, 4) is 0 Å². The van der Waals surface area contributed by atoms with Gasteiger partial charge in [-0.2, -0.15) is 16.1 Å². The number of carbonyl (C=O) groups excluding carboxylic acids is 2. The molecule has 1 atom stereocenters. The Bertz CT molecular complexity index is 1030. The van der Waals surface area contributed by atoms with Crippen LogP contribution in [0.3, 0.4) is 0 Å². The number of thiophene rings is 1. The Balaban J connectivity index is 1.47. The standard InChI is InChI=1S/C25H27N3O3S/c1-26(24(29)22-11-16-32-18-22)23(17-19-5-3-2-4-6-19)20-7-12-27(13-8-20)25(30)21-9-14-28(31)15-10-21/h2-6,9-11,14-16,18,20,23H,7-8,12-13,17H2,1H3/t23-/m1/s1. The molecule has 1 aromatic carbocycles. The second kappa shape index (κ2) is 9.96. The van der Waals surface area contributed by atoms with Gasteiger partial charge in [-0.3, -0.25) is 9.59 Å². The average Bonchev–Trinajstić information content (AvgIpc) is 3.38. The molecule has 3 heterocycles. The predicted molar refractivity (Wildman–Crippen MR) is 124 cm³/mol. The van der Waals surface area contributed by atoms with E-state index in [1.54, 1.807) is 12.1 Å². The van der Waals surface area contributed by atoms with Gasteiger partial charge in [-0.25, -0.2) is 0 Å². The minimum Gasteiger partial charge on any atom is -0.619 e. The van der Waals surface area contributed by atoms with Crippen molar-refractivity contribution in [1.29, 1.82) is 0 Å². The zero-order chi connectivity index (χ0) is 22.5. The summed E-state index contributed by atoms with van der Waals surface area (Å²) in [6.07, 6.45) is 5.15. The summed E-state index contributed by atoms with van der Waals surface area (Å²) in [6.45, 7) is 1.28. The molecular formula is C25H27N3O3S. The van der Waals surface area contributed by atoms with Crippen LogP contribution < -0.4 is 4.73 Å². The number of rotatable bonds is 6. The van der Waals surface area contributed by atoms with Crippen molar-refractivity contribution in [2.24, 2.45) is 5.92 Å². The van der Waals surface area contributed by atoms with E-state index in [2.05, 4.69) is 12.1 Å². The molecule has 4 rings (SSSR count). The van der Waals surface area contributed by atoms with Crippen molar-refractivity contribution in [3.63, 3.8) is 0 Å². The Hall–Kier alpha value is -3.19. The molecule has 6 nitrogen and oxygen atoms in total. The topological polar surface area (TPSA) is 67.6 Å². The van der Waals surface area contributed by atoms with Gasteiger partial charge in [0.15, 0.2) is 12.4 Å². The molecule has 1 fully saturated rings. The number of likely N-dealkylation sites (N-methyl/N-ethyl adjacent to an activating group) is 1. The molecule has 0 radical (unpaired) electrons. The lowest BCUT2D eigenvalue weighted by molar-refractivity contribution is -0.605. The van der Waals surface area contributed by atoms with Gasteiger partial charge in [-0.15, -0.1) is 0 Å². The second-order valence-corrected chi connectivity index (χ2v) is 9.04. The molecule has 0 unspecified atom stereocenters. The van der Waals surface area contributed by atoms with E-state index in [0.29, 0.717) is 29.3 Å². The summed E-state index contributed by atoms with van der Waals surface area (Å²) in [5.41, 5.74) is 2.46. The molecule has 0 N–H and O–H groups in total. The number of benzene rings is 1. The average molecular weight is 450 g/mol. The maximum absolute atomic E-state index is 13.1. The third-order valence-corrected chi connectivity index (χ3v) is 6.98. The summed E-state index contributed by atoms with van der Waals surface area (Å²) in [5, 5.41) is 15.1. The number of pyridine rings is 1. The quantitative estimate of drug-likeness (QED) is 0.426. The molecule has 2 amide bonds. The maximum Gasteiger partial charge on any atom is 0.254 e. The monoisotopic (exact) mass is 449 g/mol. The summed E-state index contributed by atoms with van der Waals surface area (Å²) in [7, 11) is 1.90. The van der Waals surface area contributed by atoms with Crippen molar-refractivity contribution in [2.75, 3.05) is 20.1 Å². The summed E-state index contributed by atoms with van der Waals surface area (Å²) in [6, 6.07) is 15.3. The van der Waals surface area contributed by atoms with Crippen LogP contribution in [0.25, 0.3) is 0 Å². The van der Waals surface area contributed by atoms with Gasteiger partial charge in [-0.05, 0) is 42.2 Å². The molecule has 3 aromatic rings. The van der Waals surface area contributed by atoms with Gasteiger partial charge in [0.1, 0.15) is 0 Å².